The lowest BCUT2D eigenvalue weighted by Crippen LogP contribution is -2.11. The van der Waals surface area contributed by atoms with E-state index >= 15 is 0 Å². The monoisotopic (exact) mass is 399 g/mol. The van der Waals surface area contributed by atoms with E-state index in [4.69, 9.17) is 37.8 Å². The molecule has 0 fully saturated rings. The number of esters is 1. The van der Waals surface area contributed by atoms with E-state index in [1.54, 1.807) is 37.3 Å². The normalized spacial score (nSPS) is 9.92. The van der Waals surface area contributed by atoms with Gasteiger partial charge in [-0.2, -0.15) is 0 Å². The van der Waals surface area contributed by atoms with Crippen molar-refractivity contribution in [3.8, 4) is 0 Å². The number of halogens is 2. The second-order valence-corrected chi connectivity index (χ2v) is 5.87. The molecule has 0 aliphatic heterocycles. The number of rotatable bonds is 6. The molecule has 2 aromatic rings. The number of aryl methyl sites for hydroxylation is 1. The molecule has 0 bridgehead atoms. The Kier molecular flexibility index (Phi) is 10.1. The van der Waals surface area contributed by atoms with Crippen LogP contribution in [0.4, 0.5) is 11.4 Å². The van der Waals surface area contributed by atoms with Crippen LogP contribution in [0.3, 0.4) is 0 Å². The molecule has 0 amide bonds. The quantitative estimate of drug-likeness (QED) is 0.397. The second-order valence-electron chi connectivity index (χ2n) is 5.08. The number of hydrogen-bond donors (Lipinski definition) is 2. The average Bonchev–Trinajstić information content (AvgIpc) is 2.63. The molecule has 0 saturated carbocycles. The Labute approximate surface area is 163 Å². The molecule has 2 aromatic carbocycles. The molecule has 5 nitrogen and oxygen atoms in total. The minimum Gasteiger partial charge on any atom is -0.435 e. The molecule has 7 heteroatoms. The average molecular weight is 400 g/mol. The maximum absolute atomic E-state index is 12.2. The van der Waals surface area contributed by atoms with Crippen molar-refractivity contribution >= 4 is 40.5 Å². The summed E-state index contributed by atoms with van der Waals surface area (Å²) in [6.07, 6.45) is 0. The molecule has 0 unspecified atom stereocenters. The lowest BCUT2D eigenvalue weighted by Gasteiger charge is -2.15. The van der Waals surface area contributed by atoms with E-state index in [2.05, 4.69) is 5.32 Å². The molecular formula is C19H23Cl2NO4. The molecular weight excluding hydrogens is 377 g/mol. The number of carbonyl (C=O) groups is 1. The molecule has 26 heavy (non-hydrogen) atoms. The predicted molar refractivity (Wildman–Crippen MR) is 106 cm³/mol. The Morgan fingerprint density at radius 1 is 1.15 bits per heavy atom. The first kappa shape index (κ1) is 22.3. The summed E-state index contributed by atoms with van der Waals surface area (Å²) in [4.78, 5) is 12.2. The van der Waals surface area contributed by atoms with Gasteiger partial charge in [-0.1, -0.05) is 41.4 Å². The summed E-state index contributed by atoms with van der Waals surface area (Å²) in [5.41, 5.74) is 2.37. The van der Waals surface area contributed by atoms with Crippen LogP contribution >= 0.6 is 23.2 Å². The van der Waals surface area contributed by atoms with E-state index in [0.29, 0.717) is 33.6 Å². The summed E-state index contributed by atoms with van der Waals surface area (Å²) in [5.74, 6) is -0.485. The lowest BCUT2D eigenvalue weighted by molar-refractivity contribution is -0.0273. The highest BCUT2D eigenvalue weighted by atomic mass is 35.5. The fraction of sp³-hybridized carbons (Fsp3) is 0.316. The zero-order valence-corrected chi connectivity index (χ0v) is 16.5. The third-order valence-electron chi connectivity index (χ3n) is 3.17. The first-order valence-corrected chi connectivity index (χ1v) is 8.88. The van der Waals surface area contributed by atoms with Crippen LogP contribution in [0.15, 0.2) is 36.4 Å². The zero-order chi connectivity index (χ0) is 19.5. The molecule has 0 atom stereocenters. The summed E-state index contributed by atoms with van der Waals surface area (Å²) < 4.78 is 10.1. The van der Waals surface area contributed by atoms with Gasteiger partial charge in [-0.3, -0.25) is 0 Å². The highest BCUT2D eigenvalue weighted by molar-refractivity contribution is 6.39. The van der Waals surface area contributed by atoms with E-state index in [1.807, 2.05) is 19.9 Å². The number of aliphatic hydroxyl groups is 1. The number of nitrogens with one attached hydrogen (secondary N) is 1. The second kappa shape index (κ2) is 11.8. The highest BCUT2D eigenvalue weighted by Crippen LogP contribution is 2.36. The Balaban J connectivity index is 0.00000105. The lowest BCUT2D eigenvalue weighted by atomic mass is 10.1. The smallest absolute Gasteiger partial charge is 0.342 e. The fourth-order valence-corrected chi connectivity index (χ4v) is 2.40. The van der Waals surface area contributed by atoms with Gasteiger partial charge in [0, 0.05) is 13.2 Å². The molecule has 142 valence electrons. The number of carbonyl (C=O) groups excluding carboxylic acids is 1. The van der Waals surface area contributed by atoms with Crippen molar-refractivity contribution in [2.24, 2.45) is 0 Å². The van der Waals surface area contributed by atoms with Crippen LogP contribution < -0.4 is 5.32 Å². The molecule has 2 N–H and O–H groups in total. The standard InChI is InChI=1S/C17H17Cl2NO3.C2H6O/c1-3-22-10-23-17(21)12-6-4-5-7-14(12)20-16-13(18)9-8-11(2)15(16)19;1-2-3/h4-9,20H,3,10H2,1-2H3;3H,2H2,1H3. The maximum Gasteiger partial charge on any atom is 0.342 e. The minimum absolute atomic E-state index is 0.0877. The first-order chi connectivity index (χ1) is 12.5. The van der Waals surface area contributed by atoms with Crippen LogP contribution in [0, 0.1) is 6.92 Å². The number of benzene rings is 2. The number of ether oxygens (including phenoxy) is 2. The summed E-state index contributed by atoms with van der Waals surface area (Å²) in [5, 5.41) is 11.7. The van der Waals surface area contributed by atoms with Crippen molar-refractivity contribution in [3.63, 3.8) is 0 Å². The molecule has 0 aliphatic carbocycles. The van der Waals surface area contributed by atoms with Gasteiger partial charge in [0.1, 0.15) is 0 Å². The van der Waals surface area contributed by atoms with E-state index in [1.165, 1.54) is 0 Å². The summed E-state index contributed by atoms with van der Waals surface area (Å²) in [7, 11) is 0. The molecule has 0 radical (unpaired) electrons. The van der Waals surface area contributed by atoms with E-state index in [-0.39, 0.29) is 13.4 Å². The third-order valence-corrected chi connectivity index (χ3v) is 3.97. The third kappa shape index (κ3) is 6.50. The van der Waals surface area contributed by atoms with Gasteiger partial charge in [0.2, 0.25) is 0 Å². The van der Waals surface area contributed by atoms with Crippen molar-refractivity contribution < 1.29 is 19.4 Å². The Hall–Kier alpha value is -1.79. The van der Waals surface area contributed by atoms with Crippen molar-refractivity contribution in [2.45, 2.75) is 20.8 Å². The minimum atomic E-state index is -0.485. The van der Waals surface area contributed by atoms with Gasteiger partial charge in [0.25, 0.3) is 0 Å². The largest absolute Gasteiger partial charge is 0.435 e. The van der Waals surface area contributed by atoms with Gasteiger partial charge in [-0.05, 0) is 44.5 Å². The van der Waals surface area contributed by atoms with Crippen LogP contribution in [-0.2, 0) is 9.47 Å². The van der Waals surface area contributed by atoms with Crippen molar-refractivity contribution in [2.75, 3.05) is 25.3 Å². The van der Waals surface area contributed by atoms with Crippen LogP contribution in [0.25, 0.3) is 0 Å². The topological polar surface area (TPSA) is 67.8 Å². The number of anilines is 2. The van der Waals surface area contributed by atoms with Gasteiger partial charge in [-0.15, -0.1) is 0 Å². The van der Waals surface area contributed by atoms with Crippen molar-refractivity contribution in [3.05, 3.63) is 57.6 Å². The maximum atomic E-state index is 12.2. The molecule has 0 aromatic heterocycles. The van der Waals surface area contributed by atoms with E-state index in [9.17, 15) is 4.79 Å². The van der Waals surface area contributed by atoms with Crippen LogP contribution in [0.5, 0.6) is 0 Å². The van der Waals surface area contributed by atoms with Crippen LogP contribution in [-0.4, -0.2) is 31.1 Å². The van der Waals surface area contributed by atoms with Crippen molar-refractivity contribution in [1.82, 2.24) is 0 Å². The number of para-hydroxylation sites is 1. The fourth-order valence-electron chi connectivity index (χ4n) is 1.93. The van der Waals surface area contributed by atoms with Crippen LogP contribution in [0.2, 0.25) is 10.0 Å². The molecule has 0 saturated heterocycles. The molecule has 0 spiro atoms. The van der Waals surface area contributed by atoms with Gasteiger partial charge in [0.05, 0.1) is 27.0 Å². The van der Waals surface area contributed by atoms with Gasteiger partial charge < -0.3 is 19.9 Å². The zero-order valence-electron chi connectivity index (χ0n) is 15.0. The SMILES string of the molecule is CCO.CCOCOC(=O)c1ccccc1Nc1c(Cl)ccc(C)c1Cl. The molecule has 2 rings (SSSR count). The number of hydrogen-bond acceptors (Lipinski definition) is 5. The summed E-state index contributed by atoms with van der Waals surface area (Å²) in [6, 6.07) is 10.6. The van der Waals surface area contributed by atoms with Gasteiger partial charge in [0.15, 0.2) is 6.79 Å². The summed E-state index contributed by atoms with van der Waals surface area (Å²) >= 11 is 12.5. The van der Waals surface area contributed by atoms with Gasteiger partial charge >= 0.3 is 5.97 Å². The number of aliphatic hydroxyl groups excluding tert-OH is 1. The van der Waals surface area contributed by atoms with E-state index in [0.717, 1.165) is 5.56 Å². The predicted octanol–water partition coefficient (Wildman–Crippen LogP) is 5.19. The highest BCUT2D eigenvalue weighted by Gasteiger charge is 2.15. The van der Waals surface area contributed by atoms with E-state index < -0.39 is 5.97 Å². The Bertz CT molecular complexity index is 723. The summed E-state index contributed by atoms with van der Waals surface area (Å²) in [6.45, 7) is 6.02. The Morgan fingerprint density at radius 3 is 2.46 bits per heavy atom. The Morgan fingerprint density at radius 2 is 1.81 bits per heavy atom. The van der Waals surface area contributed by atoms with Gasteiger partial charge in [-0.25, -0.2) is 4.79 Å². The first-order valence-electron chi connectivity index (χ1n) is 8.12. The van der Waals surface area contributed by atoms with Crippen molar-refractivity contribution in [1.29, 1.82) is 0 Å². The molecule has 0 heterocycles. The molecule has 0 aliphatic rings. The van der Waals surface area contributed by atoms with Crippen LogP contribution in [0.1, 0.15) is 29.8 Å².